The number of likely N-dealkylation sites (N-methyl/N-ethyl adjacent to an activating group) is 1. The second-order valence-electron chi connectivity index (χ2n) is 5.49. The number of benzene rings is 1. The summed E-state index contributed by atoms with van der Waals surface area (Å²) in [5.74, 6) is 5.27. The summed E-state index contributed by atoms with van der Waals surface area (Å²) in [6.07, 6.45) is 3.43. The van der Waals surface area contributed by atoms with E-state index in [9.17, 15) is 4.79 Å². The third kappa shape index (κ3) is 2.90. The number of carbonyl (C=O) groups is 1. The summed E-state index contributed by atoms with van der Waals surface area (Å²) in [5.41, 5.74) is 3.64. The van der Waals surface area contributed by atoms with Crippen molar-refractivity contribution in [2.45, 2.75) is 24.8 Å². The van der Waals surface area contributed by atoms with Crippen LogP contribution in [0.25, 0.3) is 0 Å². The van der Waals surface area contributed by atoms with Crippen LogP contribution in [0.4, 0.5) is 5.69 Å². The Labute approximate surface area is 124 Å². The highest BCUT2D eigenvalue weighted by Gasteiger charge is 2.39. The molecule has 0 bridgehead atoms. The number of amides is 1. The van der Waals surface area contributed by atoms with E-state index < -0.39 is 0 Å². The third-order valence-corrected chi connectivity index (χ3v) is 4.43. The van der Waals surface area contributed by atoms with Crippen LogP contribution in [0.3, 0.4) is 0 Å². The molecule has 2 rings (SSSR count). The number of hydrogen-bond acceptors (Lipinski definition) is 4. The van der Waals surface area contributed by atoms with Crippen molar-refractivity contribution in [2.75, 3.05) is 26.1 Å². The minimum absolute atomic E-state index is 0.0878. The number of carbonyl (C=O) groups excluding carboxylic acids is 1. The van der Waals surface area contributed by atoms with E-state index in [1.54, 1.807) is 18.2 Å². The van der Waals surface area contributed by atoms with Crippen LogP contribution in [-0.2, 0) is 0 Å². The molecule has 0 spiro atoms. The summed E-state index contributed by atoms with van der Waals surface area (Å²) in [6.45, 7) is 0.634. The minimum atomic E-state index is -0.159. The monoisotopic (exact) mass is 296 g/mol. The molecule has 1 aliphatic carbocycles. The van der Waals surface area contributed by atoms with Crippen molar-refractivity contribution in [1.82, 2.24) is 10.2 Å². The number of halogens is 1. The van der Waals surface area contributed by atoms with Gasteiger partial charge in [0.15, 0.2) is 0 Å². The smallest absolute Gasteiger partial charge is 0.253 e. The van der Waals surface area contributed by atoms with Crippen molar-refractivity contribution in [2.24, 2.45) is 5.84 Å². The van der Waals surface area contributed by atoms with Crippen LogP contribution in [0, 0.1) is 0 Å². The maximum absolute atomic E-state index is 12.3. The predicted molar refractivity (Wildman–Crippen MR) is 81.9 cm³/mol. The van der Waals surface area contributed by atoms with Gasteiger partial charge in [-0.05, 0) is 51.6 Å². The summed E-state index contributed by atoms with van der Waals surface area (Å²) in [5, 5.41) is 3.50. The molecule has 0 heterocycles. The first-order valence-electron chi connectivity index (χ1n) is 6.70. The summed E-state index contributed by atoms with van der Waals surface area (Å²) in [6, 6.07) is 5.01. The van der Waals surface area contributed by atoms with Crippen molar-refractivity contribution in [3.8, 4) is 0 Å². The Hall–Kier alpha value is -1.30. The van der Waals surface area contributed by atoms with Gasteiger partial charge in [-0.25, -0.2) is 0 Å². The Bertz CT molecular complexity index is 500. The fraction of sp³-hybridized carbons (Fsp3) is 0.500. The molecule has 20 heavy (non-hydrogen) atoms. The number of nitrogens with one attached hydrogen (secondary N) is 2. The second kappa shape index (κ2) is 5.99. The lowest BCUT2D eigenvalue weighted by atomic mass is 9.75. The van der Waals surface area contributed by atoms with Gasteiger partial charge in [-0.15, -0.1) is 0 Å². The van der Waals surface area contributed by atoms with Crippen LogP contribution >= 0.6 is 11.6 Å². The first-order valence-corrected chi connectivity index (χ1v) is 7.08. The Morgan fingerprint density at radius 1 is 1.45 bits per heavy atom. The van der Waals surface area contributed by atoms with Crippen molar-refractivity contribution in [3.63, 3.8) is 0 Å². The standard InChI is InChI=1S/C14H21ClN4O/c1-19(2)14(6-3-7-14)9-17-13(20)11-8-10(15)4-5-12(11)18-16/h4-5,8,18H,3,6-7,9,16H2,1-2H3,(H,17,20). The first-order chi connectivity index (χ1) is 9.48. The number of nitrogens with zero attached hydrogens (tertiary/aromatic N) is 1. The Balaban J connectivity index is 2.07. The Morgan fingerprint density at radius 2 is 2.15 bits per heavy atom. The lowest BCUT2D eigenvalue weighted by molar-refractivity contribution is 0.0558. The summed E-state index contributed by atoms with van der Waals surface area (Å²) < 4.78 is 0. The van der Waals surface area contributed by atoms with Gasteiger partial charge in [-0.2, -0.15) is 0 Å². The second-order valence-corrected chi connectivity index (χ2v) is 5.93. The van der Waals surface area contributed by atoms with Gasteiger partial charge in [0, 0.05) is 17.1 Å². The lowest BCUT2D eigenvalue weighted by Gasteiger charge is -2.47. The first kappa shape index (κ1) is 15.1. The van der Waals surface area contributed by atoms with Gasteiger partial charge >= 0.3 is 0 Å². The summed E-state index contributed by atoms with van der Waals surface area (Å²) in [7, 11) is 4.11. The number of hydrogen-bond donors (Lipinski definition) is 3. The van der Waals surface area contributed by atoms with Crippen molar-refractivity contribution < 1.29 is 4.79 Å². The molecule has 1 saturated carbocycles. The molecule has 1 fully saturated rings. The third-order valence-electron chi connectivity index (χ3n) is 4.19. The average Bonchev–Trinajstić information content (AvgIpc) is 2.36. The number of hydrazine groups is 1. The SMILES string of the molecule is CN(C)C1(CNC(=O)c2cc(Cl)ccc2NN)CCC1. The topological polar surface area (TPSA) is 70.4 Å². The van der Waals surface area contributed by atoms with Crippen molar-refractivity contribution >= 4 is 23.2 Å². The van der Waals surface area contributed by atoms with E-state index in [1.807, 2.05) is 0 Å². The zero-order chi connectivity index (χ0) is 14.8. The number of nitrogen functional groups attached to an aromatic ring is 1. The molecule has 110 valence electrons. The van der Waals surface area contributed by atoms with Crippen LogP contribution in [-0.4, -0.2) is 37.0 Å². The van der Waals surface area contributed by atoms with Crippen molar-refractivity contribution in [1.29, 1.82) is 0 Å². The van der Waals surface area contributed by atoms with Gasteiger partial charge in [-0.3, -0.25) is 10.6 Å². The van der Waals surface area contributed by atoms with Gasteiger partial charge in [0.05, 0.1) is 11.3 Å². The van der Waals surface area contributed by atoms with Gasteiger partial charge < -0.3 is 15.6 Å². The zero-order valence-corrected chi connectivity index (χ0v) is 12.6. The van der Waals surface area contributed by atoms with Crippen molar-refractivity contribution in [3.05, 3.63) is 28.8 Å². The highest BCUT2D eigenvalue weighted by Crippen LogP contribution is 2.35. The molecule has 0 radical (unpaired) electrons. The number of nitrogens with two attached hydrogens (primary N) is 1. The molecule has 1 aliphatic rings. The molecule has 1 amide bonds. The molecule has 6 heteroatoms. The molecular weight excluding hydrogens is 276 g/mol. The van der Waals surface area contributed by atoms with Gasteiger partial charge in [0.1, 0.15) is 0 Å². The van der Waals surface area contributed by atoms with E-state index in [1.165, 1.54) is 6.42 Å². The quantitative estimate of drug-likeness (QED) is 0.573. The number of rotatable bonds is 5. The Morgan fingerprint density at radius 3 is 2.65 bits per heavy atom. The van der Waals surface area contributed by atoms with E-state index in [-0.39, 0.29) is 11.4 Å². The molecular formula is C14H21ClN4O. The Kier molecular flexibility index (Phi) is 4.52. The molecule has 0 aliphatic heterocycles. The normalized spacial score (nSPS) is 16.6. The lowest BCUT2D eigenvalue weighted by Crippen LogP contribution is -2.57. The predicted octanol–water partition coefficient (Wildman–Crippen LogP) is 1.84. The highest BCUT2D eigenvalue weighted by atomic mass is 35.5. The largest absolute Gasteiger partial charge is 0.350 e. The zero-order valence-electron chi connectivity index (χ0n) is 11.9. The maximum Gasteiger partial charge on any atom is 0.253 e. The van der Waals surface area contributed by atoms with E-state index >= 15 is 0 Å². The number of anilines is 1. The molecule has 0 saturated heterocycles. The average molecular weight is 297 g/mol. The van der Waals surface area contributed by atoms with Crippen LogP contribution in [0.1, 0.15) is 29.6 Å². The molecule has 1 aromatic carbocycles. The molecule has 4 N–H and O–H groups in total. The highest BCUT2D eigenvalue weighted by molar-refractivity contribution is 6.31. The maximum atomic E-state index is 12.3. The van der Waals surface area contributed by atoms with Crippen LogP contribution in [0.2, 0.25) is 5.02 Å². The van der Waals surface area contributed by atoms with E-state index in [2.05, 4.69) is 29.7 Å². The molecule has 5 nitrogen and oxygen atoms in total. The van der Waals surface area contributed by atoms with E-state index in [0.29, 0.717) is 22.8 Å². The fourth-order valence-corrected chi connectivity index (χ4v) is 2.71. The summed E-state index contributed by atoms with van der Waals surface area (Å²) in [4.78, 5) is 14.5. The van der Waals surface area contributed by atoms with Crippen LogP contribution in [0.15, 0.2) is 18.2 Å². The van der Waals surface area contributed by atoms with E-state index in [0.717, 1.165) is 12.8 Å². The molecule has 0 aromatic heterocycles. The molecule has 0 unspecified atom stereocenters. The van der Waals surface area contributed by atoms with Crippen LogP contribution < -0.4 is 16.6 Å². The van der Waals surface area contributed by atoms with Gasteiger partial charge in [0.2, 0.25) is 0 Å². The van der Waals surface area contributed by atoms with Gasteiger partial charge in [-0.1, -0.05) is 11.6 Å². The summed E-state index contributed by atoms with van der Waals surface area (Å²) >= 11 is 5.94. The molecule has 0 atom stereocenters. The minimum Gasteiger partial charge on any atom is -0.350 e. The van der Waals surface area contributed by atoms with E-state index in [4.69, 9.17) is 17.4 Å². The fourth-order valence-electron chi connectivity index (χ4n) is 2.54. The molecule has 1 aromatic rings. The van der Waals surface area contributed by atoms with Gasteiger partial charge in [0.25, 0.3) is 5.91 Å². The van der Waals surface area contributed by atoms with Crippen LogP contribution in [0.5, 0.6) is 0 Å².